The van der Waals surface area contributed by atoms with Crippen molar-refractivity contribution >= 4 is 11.6 Å². The average molecular weight is 267 g/mol. The summed E-state index contributed by atoms with van der Waals surface area (Å²) < 4.78 is 19.1. The molecule has 0 saturated heterocycles. The molecule has 0 bridgehead atoms. The van der Waals surface area contributed by atoms with Gasteiger partial charge in [-0.3, -0.25) is 0 Å². The summed E-state index contributed by atoms with van der Waals surface area (Å²) in [5, 5.41) is 0.304. The average Bonchev–Trinajstić information content (AvgIpc) is 2.37. The zero-order chi connectivity index (χ0) is 13.1. The van der Waals surface area contributed by atoms with Gasteiger partial charge in [0.15, 0.2) is 11.6 Å². The molecule has 0 aliphatic carbocycles. The number of hydrogen-bond donors (Lipinski definition) is 1. The van der Waals surface area contributed by atoms with Crippen LogP contribution in [0.3, 0.4) is 0 Å². The summed E-state index contributed by atoms with van der Waals surface area (Å²) in [5.74, 6) is -0.151. The minimum Gasteiger partial charge on any atom is -0.434 e. The normalized spacial score (nSPS) is 10.4. The lowest BCUT2D eigenvalue weighted by Crippen LogP contribution is -1.99. The Labute approximate surface area is 109 Å². The van der Waals surface area contributed by atoms with Crippen molar-refractivity contribution in [3.8, 4) is 11.6 Å². The van der Waals surface area contributed by atoms with Gasteiger partial charge in [-0.05, 0) is 30.2 Å². The van der Waals surface area contributed by atoms with Gasteiger partial charge in [-0.2, -0.15) is 0 Å². The second kappa shape index (κ2) is 5.33. The van der Waals surface area contributed by atoms with Crippen LogP contribution in [0.1, 0.15) is 11.1 Å². The van der Waals surface area contributed by atoms with Crippen LogP contribution in [0.4, 0.5) is 4.39 Å². The highest BCUT2D eigenvalue weighted by Gasteiger charge is 2.10. The predicted octanol–water partition coefficient (Wildman–Crippen LogP) is 3.43. The summed E-state index contributed by atoms with van der Waals surface area (Å²) in [4.78, 5) is 4.01. The van der Waals surface area contributed by atoms with E-state index in [1.54, 1.807) is 31.3 Å². The number of ether oxygens (including phenoxy) is 1. The van der Waals surface area contributed by atoms with Crippen LogP contribution < -0.4 is 10.5 Å². The highest BCUT2D eigenvalue weighted by molar-refractivity contribution is 6.31. The second-order valence-corrected chi connectivity index (χ2v) is 4.23. The molecule has 3 nitrogen and oxygen atoms in total. The molecule has 1 aromatic carbocycles. The molecule has 0 unspecified atom stereocenters. The van der Waals surface area contributed by atoms with Crippen LogP contribution in [-0.2, 0) is 6.54 Å². The Bertz CT molecular complexity index is 575. The van der Waals surface area contributed by atoms with E-state index < -0.39 is 5.82 Å². The largest absolute Gasteiger partial charge is 0.434 e. The molecule has 0 aliphatic heterocycles. The van der Waals surface area contributed by atoms with Crippen LogP contribution in [0.2, 0.25) is 5.02 Å². The number of aryl methyl sites for hydroxylation is 1. The summed E-state index contributed by atoms with van der Waals surface area (Å²) >= 11 is 5.98. The Morgan fingerprint density at radius 3 is 2.89 bits per heavy atom. The quantitative estimate of drug-likeness (QED) is 0.926. The van der Waals surface area contributed by atoms with Crippen LogP contribution in [0, 0.1) is 12.7 Å². The predicted molar refractivity (Wildman–Crippen MR) is 68.3 cm³/mol. The van der Waals surface area contributed by atoms with Crippen molar-refractivity contribution in [1.82, 2.24) is 4.98 Å². The van der Waals surface area contributed by atoms with Gasteiger partial charge in [0.05, 0.1) is 0 Å². The Balaban J connectivity index is 2.31. The zero-order valence-corrected chi connectivity index (χ0v) is 10.5. The summed E-state index contributed by atoms with van der Waals surface area (Å²) in [6, 6.07) is 6.54. The number of hydrogen-bond acceptors (Lipinski definition) is 3. The molecule has 0 aliphatic rings. The minimum atomic E-state index is -0.418. The first-order valence-corrected chi connectivity index (χ1v) is 5.77. The number of nitrogens with two attached hydrogens (primary N) is 1. The van der Waals surface area contributed by atoms with Crippen LogP contribution in [0.5, 0.6) is 11.6 Å². The number of rotatable bonds is 3. The zero-order valence-electron chi connectivity index (χ0n) is 9.78. The topological polar surface area (TPSA) is 48.1 Å². The first-order chi connectivity index (χ1) is 8.61. The van der Waals surface area contributed by atoms with Crippen molar-refractivity contribution in [2.75, 3.05) is 0 Å². The van der Waals surface area contributed by atoms with E-state index in [9.17, 15) is 4.39 Å². The molecule has 0 amide bonds. The van der Waals surface area contributed by atoms with E-state index in [0.29, 0.717) is 17.1 Å². The summed E-state index contributed by atoms with van der Waals surface area (Å²) in [7, 11) is 0. The minimum absolute atomic E-state index is 0.102. The number of halogens is 2. The van der Waals surface area contributed by atoms with Gasteiger partial charge in [-0.1, -0.05) is 23.7 Å². The molecule has 1 aromatic heterocycles. The van der Waals surface area contributed by atoms with Crippen LogP contribution in [0.15, 0.2) is 30.5 Å². The van der Waals surface area contributed by atoms with E-state index in [4.69, 9.17) is 22.1 Å². The van der Waals surface area contributed by atoms with Crippen LogP contribution in [0.25, 0.3) is 0 Å². The SMILES string of the molecule is Cc1cccc(Oc2ncc(CN)cc2Cl)c1F. The summed E-state index contributed by atoms with van der Waals surface area (Å²) in [6.45, 7) is 2.00. The van der Waals surface area contributed by atoms with E-state index >= 15 is 0 Å². The third kappa shape index (κ3) is 2.60. The van der Waals surface area contributed by atoms with Gasteiger partial charge in [0.2, 0.25) is 5.88 Å². The molecule has 94 valence electrons. The van der Waals surface area contributed by atoms with Crippen molar-refractivity contribution < 1.29 is 9.13 Å². The maximum atomic E-state index is 13.7. The fourth-order valence-corrected chi connectivity index (χ4v) is 1.68. The third-order valence-electron chi connectivity index (χ3n) is 2.46. The van der Waals surface area contributed by atoms with Gasteiger partial charge in [-0.25, -0.2) is 9.37 Å². The smallest absolute Gasteiger partial charge is 0.238 e. The van der Waals surface area contributed by atoms with Gasteiger partial charge in [0, 0.05) is 12.7 Å². The number of benzene rings is 1. The molecule has 2 N–H and O–H groups in total. The highest BCUT2D eigenvalue weighted by atomic mass is 35.5. The monoisotopic (exact) mass is 266 g/mol. The van der Waals surface area contributed by atoms with E-state index in [2.05, 4.69) is 4.98 Å². The Morgan fingerprint density at radius 1 is 1.44 bits per heavy atom. The molecule has 0 saturated carbocycles. The lowest BCUT2D eigenvalue weighted by molar-refractivity contribution is 0.425. The summed E-state index contributed by atoms with van der Waals surface area (Å²) in [5.41, 5.74) is 6.76. The Kier molecular flexibility index (Phi) is 3.79. The van der Waals surface area contributed by atoms with Gasteiger partial charge < -0.3 is 10.5 Å². The molecule has 0 radical (unpaired) electrons. The molecule has 18 heavy (non-hydrogen) atoms. The van der Waals surface area contributed by atoms with Crippen LogP contribution >= 0.6 is 11.6 Å². The second-order valence-electron chi connectivity index (χ2n) is 3.82. The first kappa shape index (κ1) is 12.8. The van der Waals surface area contributed by atoms with E-state index in [1.165, 1.54) is 6.07 Å². The molecule has 0 fully saturated rings. The van der Waals surface area contributed by atoms with Crippen molar-refractivity contribution in [2.24, 2.45) is 5.73 Å². The van der Waals surface area contributed by atoms with Crippen molar-refractivity contribution in [2.45, 2.75) is 13.5 Å². The van der Waals surface area contributed by atoms with Gasteiger partial charge in [0.25, 0.3) is 0 Å². The third-order valence-corrected chi connectivity index (χ3v) is 2.73. The van der Waals surface area contributed by atoms with Gasteiger partial charge in [-0.15, -0.1) is 0 Å². The van der Waals surface area contributed by atoms with Crippen molar-refractivity contribution in [1.29, 1.82) is 0 Å². The number of pyridine rings is 1. The lowest BCUT2D eigenvalue weighted by Gasteiger charge is -2.09. The van der Waals surface area contributed by atoms with Gasteiger partial charge >= 0.3 is 0 Å². The van der Waals surface area contributed by atoms with E-state index in [1.807, 2.05) is 0 Å². The molecule has 2 rings (SSSR count). The molecule has 5 heteroatoms. The molecular formula is C13H12ClFN2O. The fourth-order valence-electron chi connectivity index (χ4n) is 1.46. The molecule has 1 heterocycles. The standard InChI is InChI=1S/C13H12ClFN2O/c1-8-3-2-4-11(12(8)15)18-13-10(14)5-9(6-16)7-17-13/h2-5,7H,6,16H2,1H3. The number of aromatic nitrogens is 1. The fraction of sp³-hybridized carbons (Fsp3) is 0.154. The molecular weight excluding hydrogens is 255 g/mol. The molecule has 2 aromatic rings. The number of nitrogens with zero attached hydrogens (tertiary/aromatic N) is 1. The van der Waals surface area contributed by atoms with Crippen LogP contribution in [-0.4, -0.2) is 4.98 Å². The first-order valence-electron chi connectivity index (χ1n) is 5.39. The molecule has 0 spiro atoms. The maximum absolute atomic E-state index is 13.7. The van der Waals surface area contributed by atoms with Crippen molar-refractivity contribution in [3.63, 3.8) is 0 Å². The van der Waals surface area contributed by atoms with E-state index in [0.717, 1.165) is 5.56 Å². The highest BCUT2D eigenvalue weighted by Crippen LogP contribution is 2.30. The van der Waals surface area contributed by atoms with Gasteiger partial charge in [0.1, 0.15) is 5.02 Å². The summed E-state index contributed by atoms with van der Waals surface area (Å²) in [6.07, 6.45) is 1.55. The Morgan fingerprint density at radius 2 is 2.22 bits per heavy atom. The van der Waals surface area contributed by atoms with Crippen molar-refractivity contribution in [3.05, 3.63) is 52.4 Å². The lowest BCUT2D eigenvalue weighted by atomic mass is 10.2. The molecule has 0 atom stereocenters. The Hall–Kier alpha value is -1.65. The van der Waals surface area contributed by atoms with E-state index in [-0.39, 0.29) is 11.6 Å². The maximum Gasteiger partial charge on any atom is 0.238 e.